The highest BCUT2D eigenvalue weighted by Gasteiger charge is 2.04. The number of aliphatic hydroxyl groups is 3. The molecule has 0 aromatic heterocycles. The van der Waals surface area contributed by atoms with Gasteiger partial charge in [0.2, 0.25) is 11.8 Å². The number of hydrogen-bond donors (Lipinski definition) is 5. The number of aliphatic hydroxyl groups excluding tert-OH is 3. The van der Waals surface area contributed by atoms with Gasteiger partial charge in [0.15, 0.2) is 0 Å². The third kappa shape index (κ3) is 12.7. The first-order valence-electron chi connectivity index (χ1n) is 6.03. The molecule has 0 rings (SSSR count). The zero-order valence-electron chi connectivity index (χ0n) is 12.0. The minimum atomic E-state index is -0.890. The summed E-state index contributed by atoms with van der Waals surface area (Å²) in [6, 6.07) is 0. The minimum absolute atomic E-state index is 0.0288. The van der Waals surface area contributed by atoms with Crippen molar-refractivity contribution in [2.75, 3.05) is 26.3 Å². The van der Waals surface area contributed by atoms with E-state index in [4.69, 9.17) is 15.3 Å². The maximum Gasteiger partial charge on any atom is 0.246 e. The Bertz CT molecular complexity index is 342. The van der Waals surface area contributed by atoms with Crippen LogP contribution in [0.1, 0.15) is 13.8 Å². The van der Waals surface area contributed by atoms with Crippen molar-refractivity contribution in [1.82, 2.24) is 10.6 Å². The van der Waals surface area contributed by atoms with Crippen molar-refractivity contribution in [2.24, 2.45) is 0 Å². The van der Waals surface area contributed by atoms with E-state index in [1.54, 1.807) is 13.8 Å². The smallest absolute Gasteiger partial charge is 0.246 e. The summed E-state index contributed by atoms with van der Waals surface area (Å²) in [5.41, 5.74) is 0.846. The molecular formula is C13H24N2O5. The normalized spacial score (nSPS) is 10.7. The summed E-state index contributed by atoms with van der Waals surface area (Å²) < 4.78 is 0. The van der Waals surface area contributed by atoms with Gasteiger partial charge in [-0.2, -0.15) is 0 Å². The first-order valence-corrected chi connectivity index (χ1v) is 6.03. The number of amides is 2. The monoisotopic (exact) mass is 288 g/mol. The molecule has 1 unspecified atom stereocenters. The lowest BCUT2D eigenvalue weighted by atomic mass is 10.3. The van der Waals surface area contributed by atoms with Crippen LogP contribution >= 0.6 is 0 Å². The topological polar surface area (TPSA) is 119 Å². The van der Waals surface area contributed by atoms with Crippen molar-refractivity contribution < 1.29 is 24.9 Å². The zero-order valence-corrected chi connectivity index (χ0v) is 12.0. The Morgan fingerprint density at radius 1 is 1.05 bits per heavy atom. The van der Waals surface area contributed by atoms with Crippen LogP contribution in [0.3, 0.4) is 0 Å². The van der Waals surface area contributed by atoms with Crippen LogP contribution in [0.2, 0.25) is 0 Å². The molecule has 1 atom stereocenters. The van der Waals surface area contributed by atoms with Crippen molar-refractivity contribution in [2.45, 2.75) is 20.0 Å². The number of hydrogen-bond acceptors (Lipinski definition) is 5. The summed E-state index contributed by atoms with van der Waals surface area (Å²) in [6.45, 7) is 9.98. The molecule has 0 fully saturated rings. The second kappa shape index (κ2) is 12.3. The van der Waals surface area contributed by atoms with E-state index in [0.29, 0.717) is 17.7 Å². The molecule has 0 aliphatic heterocycles. The second-order valence-corrected chi connectivity index (χ2v) is 4.09. The molecular weight excluding hydrogens is 264 g/mol. The Morgan fingerprint density at radius 2 is 1.50 bits per heavy atom. The highest BCUT2D eigenvalue weighted by molar-refractivity contribution is 5.92. The average molecular weight is 288 g/mol. The van der Waals surface area contributed by atoms with Gasteiger partial charge in [-0.1, -0.05) is 13.2 Å². The van der Waals surface area contributed by atoms with Gasteiger partial charge in [-0.15, -0.1) is 0 Å². The van der Waals surface area contributed by atoms with Crippen LogP contribution in [0.4, 0.5) is 0 Å². The Balaban J connectivity index is 0. The van der Waals surface area contributed by atoms with Crippen molar-refractivity contribution in [3.63, 3.8) is 0 Å². The molecule has 0 aliphatic carbocycles. The molecule has 5 N–H and O–H groups in total. The van der Waals surface area contributed by atoms with Gasteiger partial charge in [0.05, 0.1) is 19.3 Å². The Labute approximate surface area is 119 Å². The predicted octanol–water partition coefficient (Wildman–Crippen LogP) is -1.30. The molecule has 0 heterocycles. The Hall–Kier alpha value is -1.70. The lowest BCUT2D eigenvalue weighted by Gasteiger charge is -2.07. The summed E-state index contributed by atoms with van der Waals surface area (Å²) in [6.07, 6.45) is -0.890. The molecule has 7 nitrogen and oxygen atoms in total. The van der Waals surface area contributed by atoms with E-state index in [1.165, 1.54) is 0 Å². The fourth-order valence-corrected chi connectivity index (χ4v) is 0.746. The zero-order chi connectivity index (χ0) is 16.1. The van der Waals surface area contributed by atoms with E-state index in [0.717, 1.165) is 0 Å². The third-order valence-corrected chi connectivity index (χ3v) is 1.88. The van der Waals surface area contributed by atoms with Gasteiger partial charge < -0.3 is 26.0 Å². The van der Waals surface area contributed by atoms with Gasteiger partial charge in [-0.25, -0.2) is 0 Å². The van der Waals surface area contributed by atoms with E-state index in [2.05, 4.69) is 23.8 Å². The highest BCUT2D eigenvalue weighted by atomic mass is 16.3. The number of nitrogens with one attached hydrogen (secondary N) is 2. The molecule has 0 bridgehead atoms. The molecule has 116 valence electrons. The fourth-order valence-electron chi connectivity index (χ4n) is 0.746. The van der Waals surface area contributed by atoms with Crippen LogP contribution in [0.5, 0.6) is 0 Å². The molecule has 7 heteroatoms. The third-order valence-electron chi connectivity index (χ3n) is 1.88. The molecule has 0 radical (unpaired) electrons. The Kier molecular flexibility index (Phi) is 12.7. The molecule has 2 amide bonds. The molecule has 20 heavy (non-hydrogen) atoms. The van der Waals surface area contributed by atoms with E-state index >= 15 is 0 Å². The SMILES string of the molecule is C=C(C)C(=O)NCC(O)CO.C=C(C)C(=O)NCCO. The molecule has 0 spiro atoms. The summed E-state index contributed by atoms with van der Waals surface area (Å²) >= 11 is 0. The van der Waals surface area contributed by atoms with Crippen LogP contribution in [0.15, 0.2) is 24.3 Å². The van der Waals surface area contributed by atoms with Crippen molar-refractivity contribution in [3.05, 3.63) is 24.3 Å². The van der Waals surface area contributed by atoms with Gasteiger partial charge in [0.1, 0.15) is 0 Å². The number of carbonyl (C=O) groups excluding carboxylic acids is 2. The van der Waals surface area contributed by atoms with Crippen LogP contribution in [-0.2, 0) is 9.59 Å². The molecule has 0 aliphatic rings. The maximum atomic E-state index is 10.8. The fraction of sp³-hybridized carbons (Fsp3) is 0.538. The van der Waals surface area contributed by atoms with Crippen LogP contribution in [0, 0.1) is 0 Å². The maximum absolute atomic E-state index is 10.8. The van der Waals surface area contributed by atoms with Gasteiger partial charge >= 0.3 is 0 Å². The van der Waals surface area contributed by atoms with Gasteiger partial charge in [0.25, 0.3) is 0 Å². The quantitative estimate of drug-likeness (QED) is 0.373. The Morgan fingerprint density at radius 3 is 1.85 bits per heavy atom. The average Bonchev–Trinajstić information content (AvgIpc) is 2.41. The number of carbonyl (C=O) groups is 2. The summed E-state index contributed by atoms with van der Waals surface area (Å²) in [7, 11) is 0. The van der Waals surface area contributed by atoms with Crippen molar-refractivity contribution >= 4 is 11.8 Å². The van der Waals surface area contributed by atoms with Crippen molar-refractivity contribution in [1.29, 1.82) is 0 Å². The van der Waals surface area contributed by atoms with Crippen LogP contribution in [-0.4, -0.2) is 59.5 Å². The first kappa shape index (κ1) is 20.6. The van der Waals surface area contributed by atoms with Crippen molar-refractivity contribution in [3.8, 4) is 0 Å². The molecule has 0 aromatic carbocycles. The predicted molar refractivity (Wildman–Crippen MR) is 75.8 cm³/mol. The highest BCUT2D eigenvalue weighted by Crippen LogP contribution is 1.86. The van der Waals surface area contributed by atoms with Gasteiger partial charge in [-0.3, -0.25) is 9.59 Å². The minimum Gasteiger partial charge on any atom is -0.395 e. The van der Waals surface area contributed by atoms with E-state index in [9.17, 15) is 9.59 Å². The summed E-state index contributed by atoms with van der Waals surface area (Å²) in [4.78, 5) is 21.3. The summed E-state index contributed by atoms with van der Waals surface area (Å²) in [5.74, 6) is -0.512. The first-order chi connectivity index (χ1) is 9.26. The standard InChI is InChI=1S/C7H13NO3.C6H11NO2/c1-5(2)7(11)8-3-6(10)4-9;1-5(2)6(9)7-3-4-8/h6,9-10H,1,3-4H2,2H3,(H,8,11);8H,1,3-4H2,2H3,(H,7,9). The largest absolute Gasteiger partial charge is 0.395 e. The molecule has 0 saturated carbocycles. The van der Waals surface area contributed by atoms with Gasteiger partial charge in [0, 0.05) is 24.2 Å². The molecule has 0 saturated heterocycles. The van der Waals surface area contributed by atoms with E-state index < -0.39 is 6.10 Å². The van der Waals surface area contributed by atoms with E-state index in [-0.39, 0.29) is 31.6 Å². The number of rotatable bonds is 7. The second-order valence-electron chi connectivity index (χ2n) is 4.09. The summed E-state index contributed by atoms with van der Waals surface area (Å²) in [5, 5.41) is 30.2. The molecule has 0 aromatic rings. The lowest BCUT2D eigenvalue weighted by molar-refractivity contribution is -0.118. The van der Waals surface area contributed by atoms with E-state index in [1.807, 2.05) is 0 Å². The van der Waals surface area contributed by atoms with Crippen LogP contribution < -0.4 is 10.6 Å². The lowest BCUT2D eigenvalue weighted by Crippen LogP contribution is -2.34. The van der Waals surface area contributed by atoms with Crippen LogP contribution in [0.25, 0.3) is 0 Å². The van der Waals surface area contributed by atoms with Gasteiger partial charge in [-0.05, 0) is 13.8 Å².